The number of hydrogen-bond acceptors (Lipinski definition) is 2. The summed E-state index contributed by atoms with van der Waals surface area (Å²) < 4.78 is 14.0. The van der Waals surface area contributed by atoms with Gasteiger partial charge in [0.05, 0.1) is 9.99 Å². The van der Waals surface area contributed by atoms with Crippen LogP contribution in [0, 0.1) is 12.7 Å². The summed E-state index contributed by atoms with van der Waals surface area (Å²) in [5.74, 6) is 0.0458. The molecule has 1 aromatic heterocycles. The SMILES string of the molecule is Cc1cc(-c2nc(Cl)c3cc(Br)c(F)cc3n2)ccc1Cl. The zero-order valence-corrected chi connectivity index (χ0v) is 13.9. The number of nitrogens with zero attached hydrogens (tertiary/aromatic N) is 2. The molecule has 6 heteroatoms. The number of aryl methyl sites for hydroxylation is 1. The number of fused-ring (bicyclic) bond motifs is 1. The zero-order valence-electron chi connectivity index (χ0n) is 10.8. The van der Waals surface area contributed by atoms with Crippen molar-refractivity contribution in [2.24, 2.45) is 0 Å². The maximum absolute atomic E-state index is 13.7. The maximum atomic E-state index is 13.7. The first-order valence-corrected chi connectivity index (χ1v) is 7.59. The van der Waals surface area contributed by atoms with E-state index in [4.69, 9.17) is 23.2 Å². The summed E-state index contributed by atoms with van der Waals surface area (Å²) >= 11 is 15.3. The molecule has 106 valence electrons. The topological polar surface area (TPSA) is 25.8 Å². The first-order valence-electron chi connectivity index (χ1n) is 6.04. The van der Waals surface area contributed by atoms with Crippen LogP contribution >= 0.6 is 39.1 Å². The molecule has 0 unspecified atom stereocenters. The lowest BCUT2D eigenvalue weighted by atomic mass is 10.1. The molecule has 1 heterocycles. The van der Waals surface area contributed by atoms with E-state index in [1.165, 1.54) is 6.07 Å². The van der Waals surface area contributed by atoms with Crippen molar-refractivity contribution in [1.29, 1.82) is 0 Å². The van der Waals surface area contributed by atoms with Crippen molar-refractivity contribution in [1.82, 2.24) is 9.97 Å². The summed E-state index contributed by atoms with van der Waals surface area (Å²) in [5.41, 5.74) is 2.15. The van der Waals surface area contributed by atoms with Crippen molar-refractivity contribution < 1.29 is 4.39 Å². The van der Waals surface area contributed by atoms with Gasteiger partial charge >= 0.3 is 0 Å². The van der Waals surface area contributed by atoms with E-state index in [0.717, 1.165) is 11.1 Å². The molecule has 0 aliphatic heterocycles. The van der Waals surface area contributed by atoms with E-state index in [-0.39, 0.29) is 5.15 Å². The number of halogens is 4. The second kappa shape index (κ2) is 5.52. The average molecular weight is 386 g/mol. The summed E-state index contributed by atoms with van der Waals surface area (Å²) in [6.07, 6.45) is 0. The van der Waals surface area contributed by atoms with Crippen LogP contribution in [0.5, 0.6) is 0 Å². The third kappa shape index (κ3) is 2.76. The summed E-state index contributed by atoms with van der Waals surface area (Å²) in [5, 5.41) is 1.54. The monoisotopic (exact) mass is 384 g/mol. The van der Waals surface area contributed by atoms with E-state index in [9.17, 15) is 4.39 Å². The zero-order chi connectivity index (χ0) is 15.1. The second-order valence-electron chi connectivity index (χ2n) is 4.59. The molecule has 0 fully saturated rings. The molecule has 0 saturated carbocycles. The highest BCUT2D eigenvalue weighted by Gasteiger charge is 2.11. The summed E-state index contributed by atoms with van der Waals surface area (Å²) in [6.45, 7) is 1.89. The van der Waals surface area contributed by atoms with Crippen LogP contribution in [0.2, 0.25) is 10.2 Å². The molecule has 0 amide bonds. The Hall–Kier alpha value is -1.23. The number of hydrogen-bond donors (Lipinski definition) is 0. The molecule has 0 N–H and O–H groups in total. The van der Waals surface area contributed by atoms with Gasteiger partial charge in [0, 0.05) is 22.0 Å². The van der Waals surface area contributed by atoms with Crippen LogP contribution in [0.1, 0.15) is 5.56 Å². The van der Waals surface area contributed by atoms with Gasteiger partial charge in [0.2, 0.25) is 0 Å². The molecule has 2 aromatic carbocycles. The molecule has 3 aromatic rings. The number of rotatable bonds is 1. The van der Waals surface area contributed by atoms with Gasteiger partial charge in [0.15, 0.2) is 5.82 Å². The van der Waals surface area contributed by atoms with Gasteiger partial charge in [0.1, 0.15) is 11.0 Å². The molecular weight excluding hydrogens is 378 g/mol. The minimum Gasteiger partial charge on any atom is -0.228 e. The predicted molar refractivity (Wildman–Crippen MR) is 87.4 cm³/mol. The van der Waals surface area contributed by atoms with Crippen LogP contribution in [0.4, 0.5) is 4.39 Å². The van der Waals surface area contributed by atoms with E-state index in [2.05, 4.69) is 25.9 Å². The Labute approximate surface area is 139 Å². The lowest BCUT2D eigenvalue weighted by molar-refractivity contribution is 0.623. The highest BCUT2D eigenvalue weighted by molar-refractivity contribution is 9.10. The van der Waals surface area contributed by atoms with Crippen LogP contribution in [0.15, 0.2) is 34.8 Å². The van der Waals surface area contributed by atoms with Gasteiger partial charge in [-0.15, -0.1) is 0 Å². The molecule has 3 rings (SSSR count). The molecule has 0 bridgehead atoms. The molecule has 0 atom stereocenters. The number of benzene rings is 2. The van der Waals surface area contributed by atoms with Crippen molar-refractivity contribution in [3.8, 4) is 11.4 Å². The molecule has 2 nitrogen and oxygen atoms in total. The highest BCUT2D eigenvalue weighted by Crippen LogP contribution is 2.30. The van der Waals surface area contributed by atoms with E-state index in [1.807, 2.05) is 19.1 Å². The number of aromatic nitrogens is 2. The molecule has 0 spiro atoms. The fraction of sp³-hybridized carbons (Fsp3) is 0.0667. The third-order valence-electron chi connectivity index (χ3n) is 3.11. The first kappa shape index (κ1) is 14.7. The van der Waals surface area contributed by atoms with Crippen LogP contribution in [-0.4, -0.2) is 9.97 Å². The molecule has 0 aliphatic rings. The van der Waals surface area contributed by atoms with Crippen molar-refractivity contribution in [2.45, 2.75) is 6.92 Å². The van der Waals surface area contributed by atoms with Gasteiger partial charge in [0.25, 0.3) is 0 Å². The quantitative estimate of drug-likeness (QED) is 0.493. The Kier molecular flexibility index (Phi) is 3.86. The normalized spacial score (nSPS) is 11.1. The van der Waals surface area contributed by atoms with Gasteiger partial charge in [-0.2, -0.15) is 0 Å². The summed E-state index contributed by atoms with van der Waals surface area (Å²) in [4.78, 5) is 8.66. The Bertz CT molecular complexity index is 868. The summed E-state index contributed by atoms with van der Waals surface area (Å²) in [6, 6.07) is 8.36. The van der Waals surface area contributed by atoms with Crippen LogP contribution in [0.25, 0.3) is 22.3 Å². The van der Waals surface area contributed by atoms with Gasteiger partial charge in [-0.25, -0.2) is 14.4 Å². The maximum Gasteiger partial charge on any atom is 0.161 e. The fourth-order valence-electron chi connectivity index (χ4n) is 2.00. The van der Waals surface area contributed by atoms with Crippen LogP contribution in [0.3, 0.4) is 0 Å². The Balaban J connectivity index is 2.24. The van der Waals surface area contributed by atoms with E-state index in [0.29, 0.717) is 26.2 Å². The molecule has 0 aliphatic carbocycles. The Morgan fingerprint density at radius 1 is 1.10 bits per heavy atom. The second-order valence-corrected chi connectivity index (χ2v) is 6.21. The molecular formula is C15H8BrCl2FN2. The van der Waals surface area contributed by atoms with Crippen LogP contribution < -0.4 is 0 Å². The third-order valence-corrected chi connectivity index (χ3v) is 4.43. The summed E-state index contributed by atoms with van der Waals surface area (Å²) in [7, 11) is 0. The van der Waals surface area contributed by atoms with Crippen molar-refractivity contribution in [3.63, 3.8) is 0 Å². The molecule has 21 heavy (non-hydrogen) atoms. The predicted octanol–water partition coefficient (Wildman–Crippen LogP) is 5.81. The largest absolute Gasteiger partial charge is 0.228 e. The Morgan fingerprint density at radius 3 is 2.57 bits per heavy atom. The highest BCUT2D eigenvalue weighted by atomic mass is 79.9. The van der Waals surface area contributed by atoms with Crippen molar-refractivity contribution in [2.75, 3.05) is 0 Å². The minimum atomic E-state index is -0.393. The smallest absolute Gasteiger partial charge is 0.161 e. The van der Waals surface area contributed by atoms with Crippen molar-refractivity contribution >= 4 is 50.0 Å². The Morgan fingerprint density at radius 2 is 1.86 bits per heavy atom. The fourth-order valence-corrected chi connectivity index (χ4v) is 2.69. The van der Waals surface area contributed by atoms with Gasteiger partial charge in [-0.1, -0.05) is 23.2 Å². The van der Waals surface area contributed by atoms with Gasteiger partial charge in [-0.3, -0.25) is 0 Å². The van der Waals surface area contributed by atoms with Crippen LogP contribution in [-0.2, 0) is 0 Å². The minimum absolute atomic E-state index is 0.281. The first-order chi connectivity index (χ1) is 9.95. The lowest BCUT2D eigenvalue weighted by Crippen LogP contribution is -1.94. The molecule has 0 radical (unpaired) electrons. The lowest BCUT2D eigenvalue weighted by Gasteiger charge is -2.07. The average Bonchev–Trinajstić information content (AvgIpc) is 2.44. The van der Waals surface area contributed by atoms with E-state index >= 15 is 0 Å². The van der Waals surface area contributed by atoms with Crippen molar-refractivity contribution in [3.05, 3.63) is 56.4 Å². The van der Waals surface area contributed by atoms with E-state index in [1.54, 1.807) is 12.1 Å². The van der Waals surface area contributed by atoms with Gasteiger partial charge < -0.3 is 0 Å². The standard InChI is InChI=1S/C15H8BrCl2FN2/c1-7-4-8(2-3-11(7)17)15-20-13-6-12(19)10(16)5-9(13)14(18)21-15/h2-6H,1H3. The van der Waals surface area contributed by atoms with E-state index < -0.39 is 5.82 Å². The van der Waals surface area contributed by atoms with Gasteiger partial charge in [-0.05, 0) is 52.7 Å². The molecule has 0 saturated heterocycles.